The van der Waals surface area contributed by atoms with E-state index in [1.807, 2.05) is 0 Å². The lowest BCUT2D eigenvalue weighted by atomic mass is 9.96. The lowest BCUT2D eigenvalue weighted by molar-refractivity contribution is -0.138. The molecular formula is C12H17ClF3N5. The summed E-state index contributed by atoms with van der Waals surface area (Å²) in [6.07, 6.45) is 1.04. The molecule has 9 heteroatoms. The van der Waals surface area contributed by atoms with Crippen LogP contribution < -0.4 is 10.6 Å². The van der Waals surface area contributed by atoms with Crippen molar-refractivity contribution in [3.05, 3.63) is 5.28 Å². The minimum Gasteiger partial charge on any atom is -0.351 e. The maximum atomic E-state index is 12.5. The summed E-state index contributed by atoms with van der Waals surface area (Å²) in [5, 5.41) is 5.16. The quantitative estimate of drug-likeness (QED) is 0.886. The zero-order chi connectivity index (χ0) is 15.5. The summed E-state index contributed by atoms with van der Waals surface area (Å²) in [5.41, 5.74) is 0. The first-order valence-corrected chi connectivity index (χ1v) is 7.24. The number of alkyl halides is 3. The highest BCUT2D eigenvalue weighted by molar-refractivity contribution is 6.28. The van der Waals surface area contributed by atoms with Crippen molar-refractivity contribution in [2.24, 2.45) is 0 Å². The number of rotatable bonds is 4. The largest absolute Gasteiger partial charge is 0.408 e. The molecule has 1 aromatic rings. The van der Waals surface area contributed by atoms with Crippen LogP contribution >= 0.6 is 11.6 Å². The van der Waals surface area contributed by atoms with Crippen LogP contribution in [0.5, 0.6) is 0 Å². The normalized spacial score (nSPS) is 18.3. The monoisotopic (exact) mass is 323 g/mol. The molecule has 2 rings (SSSR count). The van der Waals surface area contributed by atoms with E-state index < -0.39 is 12.2 Å². The minimum atomic E-state index is -4.38. The van der Waals surface area contributed by atoms with Crippen molar-refractivity contribution in [2.45, 2.75) is 57.3 Å². The maximum absolute atomic E-state index is 12.5. The molecule has 1 aliphatic rings. The average Bonchev–Trinajstić information content (AvgIpc) is 2.38. The number of hydrogen-bond acceptors (Lipinski definition) is 5. The van der Waals surface area contributed by atoms with Crippen LogP contribution in [0, 0.1) is 0 Å². The van der Waals surface area contributed by atoms with E-state index in [9.17, 15) is 13.2 Å². The lowest BCUT2D eigenvalue weighted by Gasteiger charge is -2.23. The van der Waals surface area contributed by atoms with Gasteiger partial charge in [-0.2, -0.15) is 28.1 Å². The summed E-state index contributed by atoms with van der Waals surface area (Å²) in [6.45, 7) is 0.992. The van der Waals surface area contributed by atoms with Crippen molar-refractivity contribution in [3.63, 3.8) is 0 Å². The van der Waals surface area contributed by atoms with Gasteiger partial charge in [0.1, 0.15) is 6.04 Å². The standard InChI is InChI=1S/C12H17ClF3N5/c1-7(12(14,15)16)17-10-19-9(13)20-11(21-10)18-8-5-3-2-4-6-8/h7-8H,2-6H2,1H3,(H2,17,18,19,20,21)/t7-/m1/s1. The summed E-state index contributed by atoms with van der Waals surface area (Å²) in [6, 6.07) is -1.54. The molecule has 1 saturated carbocycles. The summed E-state index contributed by atoms with van der Waals surface area (Å²) in [4.78, 5) is 11.5. The van der Waals surface area contributed by atoms with Gasteiger partial charge in [0.15, 0.2) is 0 Å². The van der Waals surface area contributed by atoms with Gasteiger partial charge in [-0.3, -0.25) is 0 Å². The fourth-order valence-corrected chi connectivity index (χ4v) is 2.34. The van der Waals surface area contributed by atoms with Crippen LogP contribution in [0.2, 0.25) is 5.28 Å². The topological polar surface area (TPSA) is 62.7 Å². The molecule has 1 heterocycles. The Morgan fingerprint density at radius 3 is 2.33 bits per heavy atom. The van der Waals surface area contributed by atoms with Crippen molar-refractivity contribution < 1.29 is 13.2 Å². The SMILES string of the molecule is C[C@@H](Nc1nc(Cl)nc(NC2CCCCC2)n1)C(F)(F)F. The molecule has 1 fully saturated rings. The van der Waals surface area contributed by atoms with Crippen LogP contribution in [0.15, 0.2) is 0 Å². The Hall–Kier alpha value is -1.31. The Bertz CT molecular complexity index is 476. The van der Waals surface area contributed by atoms with E-state index in [0.29, 0.717) is 0 Å². The molecule has 5 nitrogen and oxygen atoms in total. The van der Waals surface area contributed by atoms with E-state index in [4.69, 9.17) is 11.6 Å². The van der Waals surface area contributed by atoms with Gasteiger partial charge < -0.3 is 10.6 Å². The zero-order valence-electron chi connectivity index (χ0n) is 11.5. The molecule has 0 aromatic carbocycles. The fraction of sp³-hybridized carbons (Fsp3) is 0.750. The van der Waals surface area contributed by atoms with E-state index in [1.54, 1.807) is 0 Å². The number of aromatic nitrogens is 3. The van der Waals surface area contributed by atoms with Crippen LogP contribution in [0.4, 0.5) is 25.1 Å². The second-order valence-corrected chi connectivity index (χ2v) is 5.48. The van der Waals surface area contributed by atoms with Gasteiger partial charge in [0, 0.05) is 6.04 Å². The van der Waals surface area contributed by atoms with Gasteiger partial charge >= 0.3 is 6.18 Å². The molecule has 0 saturated heterocycles. The van der Waals surface area contributed by atoms with Gasteiger partial charge in [0.25, 0.3) is 0 Å². The smallest absolute Gasteiger partial charge is 0.351 e. The number of halogens is 4. The fourth-order valence-electron chi connectivity index (χ4n) is 2.18. The highest BCUT2D eigenvalue weighted by atomic mass is 35.5. The molecule has 1 aliphatic carbocycles. The van der Waals surface area contributed by atoms with E-state index in [1.165, 1.54) is 6.42 Å². The van der Waals surface area contributed by atoms with Crippen molar-refractivity contribution in [1.29, 1.82) is 0 Å². The van der Waals surface area contributed by atoms with Gasteiger partial charge in [-0.25, -0.2) is 0 Å². The molecule has 0 unspecified atom stereocenters. The number of hydrogen-bond donors (Lipinski definition) is 2. The number of nitrogens with zero attached hydrogens (tertiary/aromatic N) is 3. The van der Waals surface area contributed by atoms with E-state index in [0.717, 1.165) is 32.6 Å². The third-order valence-electron chi connectivity index (χ3n) is 3.38. The third-order valence-corrected chi connectivity index (χ3v) is 3.55. The van der Waals surface area contributed by atoms with Crippen LogP contribution in [0.25, 0.3) is 0 Å². The number of nitrogens with one attached hydrogen (secondary N) is 2. The summed E-state index contributed by atoms with van der Waals surface area (Å²) in [7, 11) is 0. The van der Waals surface area contributed by atoms with Crippen LogP contribution in [-0.4, -0.2) is 33.2 Å². The Morgan fingerprint density at radius 2 is 1.71 bits per heavy atom. The predicted octanol–water partition coefficient (Wildman–Crippen LogP) is 3.63. The molecule has 0 bridgehead atoms. The minimum absolute atomic E-state index is 0.139. The highest BCUT2D eigenvalue weighted by Crippen LogP contribution is 2.24. The first-order valence-electron chi connectivity index (χ1n) is 6.86. The van der Waals surface area contributed by atoms with E-state index in [2.05, 4.69) is 25.6 Å². The maximum Gasteiger partial charge on any atom is 0.408 e. The Balaban J connectivity index is 2.06. The van der Waals surface area contributed by atoms with Crippen molar-refractivity contribution >= 4 is 23.5 Å². The van der Waals surface area contributed by atoms with Crippen molar-refractivity contribution in [1.82, 2.24) is 15.0 Å². The molecule has 0 spiro atoms. The van der Waals surface area contributed by atoms with Gasteiger partial charge in [-0.1, -0.05) is 19.3 Å². The summed E-state index contributed by atoms with van der Waals surface area (Å²) < 4.78 is 37.6. The average molecular weight is 324 g/mol. The molecule has 0 radical (unpaired) electrons. The second kappa shape index (κ2) is 6.64. The highest BCUT2D eigenvalue weighted by Gasteiger charge is 2.36. The molecule has 118 valence electrons. The molecule has 2 N–H and O–H groups in total. The third kappa shape index (κ3) is 4.87. The molecule has 21 heavy (non-hydrogen) atoms. The molecule has 0 aliphatic heterocycles. The lowest BCUT2D eigenvalue weighted by Crippen LogP contribution is -2.34. The van der Waals surface area contributed by atoms with Crippen molar-refractivity contribution in [3.8, 4) is 0 Å². The Morgan fingerprint density at radius 1 is 1.10 bits per heavy atom. The predicted molar refractivity (Wildman–Crippen MR) is 74.5 cm³/mol. The van der Waals surface area contributed by atoms with Crippen LogP contribution in [0.1, 0.15) is 39.0 Å². The molecule has 1 atom stereocenters. The summed E-state index contributed by atoms with van der Waals surface area (Å²) in [5.74, 6) is 0.0249. The van der Waals surface area contributed by atoms with Gasteiger partial charge in [0.05, 0.1) is 0 Å². The zero-order valence-corrected chi connectivity index (χ0v) is 12.3. The Labute approximate surface area is 125 Å². The van der Waals surface area contributed by atoms with E-state index >= 15 is 0 Å². The van der Waals surface area contributed by atoms with Gasteiger partial charge in [0.2, 0.25) is 17.2 Å². The summed E-state index contributed by atoms with van der Waals surface area (Å²) >= 11 is 5.74. The molecular weight excluding hydrogens is 307 g/mol. The van der Waals surface area contributed by atoms with Crippen LogP contribution in [0.3, 0.4) is 0 Å². The van der Waals surface area contributed by atoms with Gasteiger partial charge in [-0.15, -0.1) is 0 Å². The Kier molecular flexibility index (Phi) is 5.08. The first kappa shape index (κ1) is 16.1. The van der Waals surface area contributed by atoms with Crippen LogP contribution in [-0.2, 0) is 0 Å². The first-order chi connectivity index (χ1) is 9.84. The molecule has 1 aromatic heterocycles. The second-order valence-electron chi connectivity index (χ2n) is 5.14. The van der Waals surface area contributed by atoms with E-state index in [-0.39, 0.29) is 23.2 Å². The van der Waals surface area contributed by atoms with Crippen molar-refractivity contribution in [2.75, 3.05) is 10.6 Å². The molecule has 0 amide bonds. The van der Waals surface area contributed by atoms with Gasteiger partial charge in [-0.05, 0) is 31.4 Å². The number of anilines is 2.